The first kappa shape index (κ1) is 25.4. The van der Waals surface area contributed by atoms with Crippen molar-refractivity contribution in [2.75, 3.05) is 12.8 Å². The minimum absolute atomic E-state index is 0.0984. The Morgan fingerprint density at radius 1 is 1.05 bits per heavy atom. The fourth-order valence-corrected chi connectivity index (χ4v) is 5.57. The number of nitrogens with zero attached hydrogens (tertiary/aromatic N) is 7. The number of amides is 1. The lowest BCUT2D eigenvalue weighted by molar-refractivity contribution is 0.0935. The number of benzene rings is 1. The number of carbonyl (C=O) groups excluding carboxylic acids is 1. The molecule has 11 heteroatoms. The van der Waals surface area contributed by atoms with E-state index < -0.39 is 0 Å². The third-order valence-electron chi connectivity index (χ3n) is 7.63. The molecule has 5 heterocycles. The van der Waals surface area contributed by atoms with Gasteiger partial charge in [0.1, 0.15) is 5.82 Å². The van der Waals surface area contributed by atoms with Crippen molar-refractivity contribution >= 4 is 22.9 Å². The second-order valence-corrected chi connectivity index (χ2v) is 10.1. The second-order valence-electron chi connectivity index (χ2n) is 10.1. The summed E-state index contributed by atoms with van der Waals surface area (Å²) in [6.45, 7) is 1.84. The Hall–Kier alpha value is -5.58. The summed E-state index contributed by atoms with van der Waals surface area (Å²) in [7, 11) is 1.61. The third-order valence-corrected chi connectivity index (χ3v) is 7.63. The van der Waals surface area contributed by atoms with Gasteiger partial charge in [-0.25, -0.2) is 19.6 Å². The lowest BCUT2D eigenvalue weighted by Crippen LogP contribution is -2.27. The quantitative estimate of drug-likeness (QED) is 0.308. The van der Waals surface area contributed by atoms with Gasteiger partial charge >= 0.3 is 0 Å². The van der Waals surface area contributed by atoms with Crippen LogP contribution in [0.3, 0.4) is 0 Å². The molecule has 208 valence electrons. The third kappa shape index (κ3) is 4.22. The molecule has 1 aliphatic carbocycles. The largest absolute Gasteiger partial charge is 0.494 e. The lowest BCUT2D eigenvalue weighted by atomic mass is 10.1. The number of hydrogen-bond acceptors (Lipinski definition) is 8. The molecule has 1 aliphatic rings. The van der Waals surface area contributed by atoms with Crippen LogP contribution in [0.4, 0.5) is 5.82 Å². The molecule has 1 atom stereocenters. The Morgan fingerprint density at radius 2 is 1.90 bits per heavy atom. The molecule has 0 bridgehead atoms. The van der Waals surface area contributed by atoms with E-state index in [9.17, 15) is 4.79 Å². The standard InChI is InChI=1S/C31H27N9O2/c1-18-21(6-3-12-33-18)31(41)36-24-11-8-19-16-20(9-10-22(19)24)40-29(23-7-4-13-34-28(23)32)38-27-25(42-2)17-26(37-30(27)40)39-15-5-14-35-39/h3-7,9-10,12-17,24H,8,11H2,1-2H3,(H2,32,34)(H,36,41)/t24-/m0/s1. The number of nitrogen functional groups attached to an aromatic ring is 1. The molecule has 0 saturated carbocycles. The van der Waals surface area contributed by atoms with Gasteiger partial charge in [-0.05, 0) is 73.4 Å². The molecule has 0 aliphatic heterocycles. The average Bonchev–Trinajstić information content (AvgIpc) is 3.76. The summed E-state index contributed by atoms with van der Waals surface area (Å²) in [5.74, 6) is 1.97. The van der Waals surface area contributed by atoms with Crippen LogP contribution in [0.5, 0.6) is 5.75 Å². The summed E-state index contributed by atoms with van der Waals surface area (Å²) < 4.78 is 9.41. The van der Waals surface area contributed by atoms with Crippen molar-refractivity contribution in [2.24, 2.45) is 0 Å². The van der Waals surface area contributed by atoms with E-state index in [0.717, 1.165) is 29.7 Å². The van der Waals surface area contributed by atoms with Gasteiger partial charge in [0, 0.05) is 42.2 Å². The van der Waals surface area contributed by atoms with Crippen LogP contribution in [0.25, 0.3) is 34.1 Å². The highest BCUT2D eigenvalue weighted by Gasteiger charge is 2.27. The number of nitrogens with one attached hydrogen (secondary N) is 1. The van der Waals surface area contributed by atoms with Gasteiger partial charge in [-0.2, -0.15) is 5.10 Å². The normalized spacial score (nSPS) is 14.2. The summed E-state index contributed by atoms with van der Waals surface area (Å²) >= 11 is 0. The zero-order chi connectivity index (χ0) is 28.8. The van der Waals surface area contributed by atoms with Gasteiger partial charge in [0.05, 0.1) is 24.3 Å². The molecule has 0 fully saturated rings. The van der Waals surface area contributed by atoms with Crippen molar-refractivity contribution in [3.63, 3.8) is 0 Å². The Balaban J connectivity index is 1.36. The first-order valence-corrected chi connectivity index (χ1v) is 13.6. The second kappa shape index (κ2) is 10.1. The van der Waals surface area contributed by atoms with Gasteiger partial charge in [0.25, 0.3) is 5.91 Å². The fourth-order valence-electron chi connectivity index (χ4n) is 5.57. The molecule has 6 aromatic rings. The molecule has 42 heavy (non-hydrogen) atoms. The number of imidazole rings is 1. The number of pyridine rings is 3. The predicted octanol–water partition coefficient (Wildman–Crippen LogP) is 4.38. The van der Waals surface area contributed by atoms with E-state index in [-0.39, 0.29) is 11.9 Å². The molecule has 11 nitrogen and oxygen atoms in total. The van der Waals surface area contributed by atoms with Crippen LogP contribution in [0.2, 0.25) is 0 Å². The summed E-state index contributed by atoms with van der Waals surface area (Å²) in [5, 5.41) is 7.55. The van der Waals surface area contributed by atoms with Crippen molar-refractivity contribution in [2.45, 2.75) is 25.8 Å². The minimum atomic E-state index is -0.125. The molecule has 5 aromatic heterocycles. The molecule has 0 unspecified atom stereocenters. The van der Waals surface area contributed by atoms with Crippen molar-refractivity contribution in [3.8, 4) is 28.6 Å². The maximum absolute atomic E-state index is 13.0. The Bertz CT molecular complexity index is 1960. The Kier molecular flexibility index (Phi) is 6.11. The van der Waals surface area contributed by atoms with E-state index in [1.165, 1.54) is 0 Å². The minimum Gasteiger partial charge on any atom is -0.494 e. The number of rotatable bonds is 6. The maximum atomic E-state index is 13.0. The monoisotopic (exact) mass is 557 g/mol. The number of hydrogen-bond donors (Lipinski definition) is 2. The highest BCUT2D eigenvalue weighted by atomic mass is 16.5. The van der Waals surface area contributed by atoms with Crippen molar-refractivity contribution < 1.29 is 9.53 Å². The molecule has 7 rings (SSSR count). The smallest absolute Gasteiger partial charge is 0.253 e. The van der Waals surface area contributed by atoms with Crippen LogP contribution in [0.15, 0.2) is 79.4 Å². The molecule has 0 radical (unpaired) electrons. The first-order valence-electron chi connectivity index (χ1n) is 13.6. The molecule has 3 N–H and O–H groups in total. The summed E-state index contributed by atoms with van der Waals surface area (Å²) in [6, 6.07) is 17.0. The van der Waals surface area contributed by atoms with Crippen molar-refractivity contribution in [1.82, 2.24) is 39.6 Å². The summed E-state index contributed by atoms with van der Waals surface area (Å²) in [4.78, 5) is 31.5. The number of aromatic nitrogens is 7. The van der Waals surface area contributed by atoms with Crippen LogP contribution in [0.1, 0.15) is 39.6 Å². The highest BCUT2D eigenvalue weighted by molar-refractivity contribution is 5.95. The Morgan fingerprint density at radius 3 is 2.69 bits per heavy atom. The zero-order valence-corrected chi connectivity index (χ0v) is 23.0. The number of nitrogens with two attached hydrogens (primary N) is 1. The van der Waals surface area contributed by atoms with Crippen molar-refractivity contribution in [1.29, 1.82) is 0 Å². The van der Waals surface area contributed by atoms with E-state index in [1.807, 2.05) is 48.0 Å². The van der Waals surface area contributed by atoms with Crippen LogP contribution in [0, 0.1) is 6.92 Å². The highest BCUT2D eigenvalue weighted by Crippen LogP contribution is 2.38. The van der Waals surface area contributed by atoms with E-state index in [0.29, 0.717) is 51.2 Å². The van der Waals surface area contributed by atoms with Gasteiger partial charge in [-0.1, -0.05) is 6.07 Å². The van der Waals surface area contributed by atoms with Crippen LogP contribution >= 0.6 is 0 Å². The molecule has 0 saturated heterocycles. The number of anilines is 1. The van der Waals surface area contributed by atoms with Gasteiger partial charge in [0.15, 0.2) is 28.6 Å². The van der Waals surface area contributed by atoms with Gasteiger partial charge < -0.3 is 15.8 Å². The molecule has 0 spiro atoms. The van der Waals surface area contributed by atoms with Crippen LogP contribution in [-0.4, -0.2) is 47.3 Å². The molecule has 1 aromatic carbocycles. The van der Waals surface area contributed by atoms with E-state index >= 15 is 0 Å². The first-order chi connectivity index (χ1) is 20.5. The van der Waals surface area contributed by atoms with Gasteiger partial charge in [-0.15, -0.1) is 0 Å². The zero-order valence-electron chi connectivity index (χ0n) is 23.0. The van der Waals surface area contributed by atoms with E-state index in [4.69, 9.17) is 20.4 Å². The fraction of sp³-hybridized carbons (Fsp3) is 0.161. The topological polar surface area (TPSA) is 139 Å². The van der Waals surface area contributed by atoms with Crippen LogP contribution < -0.4 is 15.8 Å². The number of carbonyl (C=O) groups is 1. The molecule has 1 amide bonds. The average molecular weight is 558 g/mol. The number of ether oxygens (including phenoxy) is 1. The number of aryl methyl sites for hydroxylation is 2. The predicted molar refractivity (Wildman–Crippen MR) is 158 cm³/mol. The molecular formula is C31H27N9O2. The maximum Gasteiger partial charge on any atom is 0.253 e. The van der Waals surface area contributed by atoms with Crippen LogP contribution in [-0.2, 0) is 6.42 Å². The van der Waals surface area contributed by atoms with Crippen molar-refractivity contribution in [3.05, 3.63) is 102 Å². The van der Waals surface area contributed by atoms with E-state index in [1.54, 1.807) is 42.5 Å². The summed E-state index contributed by atoms with van der Waals surface area (Å²) in [5.41, 5.74) is 12.6. The SMILES string of the molecule is COc1cc(-n2cccn2)nc2c1nc(-c1cccnc1N)n2-c1ccc2c(c1)CC[C@@H]2NC(=O)c1cccnc1C. The van der Waals surface area contributed by atoms with Gasteiger partial charge in [0.2, 0.25) is 0 Å². The Labute approximate surface area is 241 Å². The lowest BCUT2D eigenvalue weighted by Gasteiger charge is -2.16. The summed E-state index contributed by atoms with van der Waals surface area (Å²) in [6.07, 6.45) is 8.47. The van der Waals surface area contributed by atoms with Gasteiger partial charge in [-0.3, -0.25) is 14.3 Å². The number of methoxy groups -OCH3 is 1. The molecular weight excluding hydrogens is 530 g/mol. The number of fused-ring (bicyclic) bond motifs is 2. The van der Waals surface area contributed by atoms with E-state index in [2.05, 4.69) is 32.5 Å².